The predicted molar refractivity (Wildman–Crippen MR) is 133 cm³/mol. The molecule has 11 N–H and O–H groups in total. The second-order valence-electron chi connectivity index (χ2n) is 9.27. The van der Waals surface area contributed by atoms with Crippen LogP contribution < -0.4 is 21.7 Å². The Bertz CT molecular complexity index is 917. The van der Waals surface area contributed by atoms with E-state index in [4.69, 9.17) is 15.9 Å². The zero-order chi connectivity index (χ0) is 29.0. The molecule has 0 saturated carbocycles. The van der Waals surface area contributed by atoms with Crippen LogP contribution in [0, 0.1) is 5.92 Å². The monoisotopic (exact) mass is 542 g/mol. The molecule has 38 heavy (non-hydrogen) atoms. The summed E-state index contributed by atoms with van der Waals surface area (Å²) in [6, 6.07) is 2.95. The van der Waals surface area contributed by atoms with Crippen LogP contribution in [0.4, 0.5) is 0 Å². The number of rotatable bonds is 16. The first-order valence-corrected chi connectivity index (χ1v) is 12.0. The number of aliphatic hydroxyl groups excluding tert-OH is 5. The molecule has 0 aliphatic carbocycles. The minimum atomic E-state index is -2.26. The van der Waals surface area contributed by atoms with Crippen molar-refractivity contribution < 1.29 is 49.8 Å². The van der Waals surface area contributed by atoms with Gasteiger partial charge in [-0.15, -0.1) is 0 Å². The summed E-state index contributed by atoms with van der Waals surface area (Å²) in [5.74, 6) is -4.19. The number of hydrogen-bond donors (Lipinski definition) is 10. The number of carboxylic acid groups (broad SMARTS) is 1. The third kappa shape index (κ3) is 10.3. The van der Waals surface area contributed by atoms with Crippen LogP contribution in [0.5, 0.6) is 0 Å². The van der Waals surface area contributed by atoms with Crippen LogP contribution in [-0.4, -0.2) is 104 Å². The molecule has 14 nitrogen and oxygen atoms in total. The van der Waals surface area contributed by atoms with Gasteiger partial charge in [-0.2, -0.15) is 0 Å². The van der Waals surface area contributed by atoms with Gasteiger partial charge in [0.2, 0.25) is 11.8 Å². The van der Waals surface area contributed by atoms with E-state index in [2.05, 4.69) is 16.0 Å². The van der Waals surface area contributed by atoms with Crippen molar-refractivity contribution in [2.45, 2.75) is 69.2 Å². The Morgan fingerprint density at radius 2 is 1.45 bits per heavy atom. The maximum atomic E-state index is 12.8. The van der Waals surface area contributed by atoms with Gasteiger partial charge in [0, 0.05) is 0 Å². The average molecular weight is 543 g/mol. The molecule has 1 rings (SSSR count). The Kier molecular flexibility index (Phi) is 13.8. The zero-order valence-electron chi connectivity index (χ0n) is 21.2. The molecule has 3 amide bonds. The van der Waals surface area contributed by atoms with Crippen LogP contribution in [0.25, 0.3) is 0 Å². The molecule has 0 aliphatic rings. The fourth-order valence-electron chi connectivity index (χ4n) is 3.54. The van der Waals surface area contributed by atoms with Crippen LogP contribution in [0.3, 0.4) is 0 Å². The molecular weight excluding hydrogens is 504 g/mol. The van der Waals surface area contributed by atoms with Gasteiger partial charge in [-0.25, -0.2) is 0 Å². The first-order valence-electron chi connectivity index (χ1n) is 12.0. The van der Waals surface area contributed by atoms with Crippen molar-refractivity contribution >= 4 is 23.7 Å². The van der Waals surface area contributed by atoms with E-state index in [1.165, 1.54) is 0 Å². The number of carbonyl (C=O) groups is 4. The smallest absolute Gasteiger partial charge is 0.305 e. The summed E-state index contributed by atoms with van der Waals surface area (Å²) in [4.78, 5) is 48.7. The minimum Gasteiger partial charge on any atom is -0.481 e. The number of amides is 3. The predicted octanol–water partition coefficient (Wildman–Crippen LogP) is -3.27. The standard InChI is InChI=1S/C24H38N4O10/c1-12(2)8-16(27-22(36)14(25)10-29)23(37)28-17(11-30)19(33)20(34)21(35)24(38)26-15(9-18(31)32)13-6-4-3-5-7-13/h3-7,12,14-17,19-21,29-30,33-35H,8-11,25H2,1-2H3,(H,26,38)(H,27,36)(H,28,37)(H,31,32)/t14-,15-,16-,17-,19+,20+,21-/m0/s1. The molecule has 214 valence electrons. The summed E-state index contributed by atoms with van der Waals surface area (Å²) in [6.45, 7) is 1.96. The van der Waals surface area contributed by atoms with E-state index in [0.29, 0.717) is 5.56 Å². The van der Waals surface area contributed by atoms with E-state index in [9.17, 15) is 39.6 Å². The molecule has 1 aromatic carbocycles. The maximum Gasteiger partial charge on any atom is 0.305 e. The number of nitrogens with one attached hydrogen (secondary N) is 3. The van der Waals surface area contributed by atoms with Gasteiger partial charge in [0.1, 0.15) is 24.3 Å². The van der Waals surface area contributed by atoms with E-state index in [1.807, 2.05) is 0 Å². The molecule has 0 aliphatic heterocycles. The highest BCUT2D eigenvalue weighted by molar-refractivity contribution is 5.90. The van der Waals surface area contributed by atoms with Crippen LogP contribution in [-0.2, 0) is 19.2 Å². The van der Waals surface area contributed by atoms with Crippen molar-refractivity contribution in [3.05, 3.63) is 35.9 Å². The molecule has 0 spiro atoms. The third-order valence-electron chi connectivity index (χ3n) is 5.65. The molecule has 0 radical (unpaired) electrons. The summed E-state index contributed by atoms with van der Waals surface area (Å²) < 4.78 is 0. The van der Waals surface area contributed by atoms with Crippen molar-refractivity contribution in [2.24, 2.45) is 11.7 Å². The Morgan fingerprint density at radius 1 is 0.842 bits per heavy atom. The van der Waals surface area contributed by atoms with Crippen molar-refractivity contribution in [3.8, 4) is 0 Å². The topological polar surface area (TPSA) is 252 Å². The molecule has 0 unspecified atom stereocenters. The molecule has 0 bridgehead atoms. The van der Waals surface area contributed by atoms with Gasteiger partial charge in [-0.1, -0.05) is 44.2 Å². The van der Waals surface area contributed by atoms with Gasteiger partial charge in [-0.3, -0.25) is 19.2 Å². The van der Waals surface area contributed by atoms with Gasteiger partial charge >= 0.3 is 5.97 Å². The van der Waals surface area contributed by atoms with Gasteiger partial charge in [0.05, 0.1) is 31.7 Å². The number of hydrogen-bond acceptors (Lipinski definition) is 10. The minimum absolute atomic E-state index is 0.0895. The molecule has 1 aromatic rings. The number of carbonyl (C=O) groups excluding carboxylic acids is 3. The van der Waals surface area contributed by atoms with Crippen molar-refractivity contribution in [2.75, 3.05) is 13.2 Å². The van der Waals surface area contributed by atoms with Gasteiger partial charge in [0.25, 0.3) is 5.91 Å². The zero-order valence-corrected chi connectivity index (χ0v) is 21.2. The quantitative estimate of drug-likeness (QED) is 0.0991. The number of nitrogens with two attached hydrogens (primary N) is 1. The second kappa shape index (κ2) is 16.0. The highest BCUT2D eigenvalue weighted by Crippen LogP contribution is 2.17. The van der Waals surface area contributed by atoms with E-state index in [-0.39, 0.29) is 12.3 Å². The lowest BCUT2D eigenvalue weighted by Gasteiger charge is -2.31. The van der Waals surface area contributed by atoms with Crippen LogP contribution in [0.2, 0.25) is 0 Å². The highest BCUT2D eigenvalue weighted by atomic mass is 16.4. The summed E-state index contributed by atoms with van der Waals surface area (Å²) >= 11 is 0. The summed E-state index contributed by atoms with van der Waals surface area (Å²) in [5.41, 5.74) is 5.89. The fraction of sp³-hybridized carbons (Fsp3) is 0.583. The lowest BCUT2D eigenvalue weighted by Crippen LogP contribution is -2.60. The van der Waals surface area contributed by atoms with Gasteiger partial charge < -0.3 is 52.3 Å². The Labute approximate surface area is 219 Å². The summed E-state index contributed by atoms with van der Waals surface area (Å²) in [7, 11) is 0. The van der Waals surface area contributed by atoms with Crippen LogP contribution in [0.1, 0.15) is 38.3 Å². The highest BCUT2D eigenvalue weighted by Gasteiger charge is 2.37. The van der Waals surface area contributed by atoms with E-state index >= 15 is 0 Å². The molecule has 0 heterocycles. The lowest BCUT2D eigenvalue weighted by molar-refractivity contribution is -0.145. The second-order valence-corrected chi connectivity index (χ2v) is 9.27. The maximum absolute atomic E-state index is 12.8. The normalized spacial score (nSPS) is 16.9. The third-order valence-corrected chi connectivity index (χ3v) is 5.65. The number of aliphatic hydroxyl groups is 5. The molecular formula is C24H38N4O10. The Morgan fingerprint density at radius 3 is 1.95 bits per heavy atom. The molecule has 0 fully saturated rings. The van der Waals surface area contributed by atoms with Crippen LogP contribution in [0.15, 0.2) is 30.3 Å². The van der Waals surface area contributed by atoms with Crippen molar-refractivity contribution in [1.82, 2.24) is 16.0 Å². The Balaban J connectivity index is 2.94. The molecule has 0 saturated heterocycles. The van der Waals surface area contributed by atoms with Crippen molar-refractivity contribution in [1.29, 1.82) is 0 Å². The SMILES string of the molecule is CC(C)C[C@H](NC(=O)[C@@H](N)CO)C(=O)N[C@@H](CO)[C@@H](O)[C@@H](O)[C@H](O)C(=O)N[C@@H](CC(=O)O)c1ccccc1. The Hall–Kier alpha value is -3.14. The molecule has 7 atom stereocenters. The molecule has 14 heteroatoms. The fourth-order valence-corrected chi connectivity index (χ4v) is 3.54. The summed E-state index contributed by atoms with van der Waals surface area (Å²) in [5, 5.41) is 66.1. The lowest BCUT2D eigenvalue weighted by atomic mass is 9.98. The first kappa shape index (κ1) is 32.9. The van der Waals surface area contributed by atoms with Crippen LogP contribution >= 0.6 is 0 Å². The van der Waals surface area contributed by atoms with E-state index in [1.54, 1.807) is 44.2 Å². The van der Waals surface area contributed by atoms with Crippen molar-refractivity contribution in [3.63, 3.8) is 0 Å². The van der Waals surface area contributed by atoms with E-state index in [0.717, 1.165) is 0 Å². The number of carboxylic acids is 1. The molecule has 0 aromatic heterocycles. The number of benzene rings is 1. The number of aliphatic carboxylic acids is 1. The van der Waals surface area contributed by atoms with Gasteiger partial charge in [0.15, 0.2) is 6.10 Å². The van der Waals surface area contributed by atoms with E-state index < -0.39 is 85.8 Å². The first-order chi connectivity index (χ1) is 17.8. The summed E-state index contributed by atoms with van der Waals surface area (Å²) in [6.07, 6.45) is -6.91. The largest absolute Gasteiger partial charge is 0.481 e. The average Bonchev–Trinajstić information content (AvgIpc) is 2.88. The van der Waals surface area contributed by atoms with Gasteiger partial charge in [-0.05, 0) is 17.9 Å².